The summed E-state index contributed by atoms with van der Waals surface area (Å²) in [5.74, 6) is 2.09. The Hall–Kier alpha value is -0.0800. The predicted molar refractivity (Wildman–Crippen MR) is 65.0 cm³/mol. The van der Waals surface area contributed by atoms with Gasteiger partial charge in [0.15, 0.2) is 0 Å². The molecule has 2 heteroatoms. The first-order chi connectivity index (χ1) is 7.33. The molecule has 2 bridgehead atoms. The van der Waals surface area contributed by atoms with Gasteiger partial charge in [-0.25, -0.2) is 0 Å². The minimum Gasteiger partial charge on any atom is -0.312 e. The van der Waals surface area contributed by atoms with Crippen molar-refractivity contribution in [3.63, 3.8) is 0 Å². The molecule has 2 fully saturated rings. The molecule has 2 saturated carbocycles. The molecular formula is C13H26N2. The van der Waals surface area contributed by atoms with Gasteiger partial charge in [-0.2, -0.15) is 0 Å². The van der Waals surface area contributed by atoms with Crippen molar-refractivity contribution in [2.75, 3.05) is 26.2 Å². The van der Waals surface area contributed by atoms with Crippen LogP contribution in [0.5, 0.6) is 0 Å². The van der Waals surface area contributed by atoms with Gasteiger partial charge in [0.1, 0.15) is 0 Å². The molecule has 0 aromatic rings. The number of rotatable bonds is 6. The highest BCUT2D eigenvalue weighted by Gasteiger charge is 2.38. The molecule has 2 aliphatic rings. The van der Waals surface area contributed by atoms with Crippen LogP contribution in [0, 0.1) is 11.8 Å². The van der Waals surface area contributed by atoms with Crippen LogP contribution in [0.25, 0.3) is 0 Å². The molecule has 0 heterocycles. The molecule has 88 valence electrons. The van der Waals surface area contributed by atoms with Gasteiger partial charge < -0.3 is 10.2 Å². The first-order valence-corrected chi connectivity index (χ1v) is 6.79. The Morgan fingerprint density at radius 2 is 1.93 bits per heavy atom. The van der Waals surface area contributed by atoms with Crippen molar-refractivity contribution in [2.45, 2.75) is 45.6 Å². The maximum absolute atomic E-state index is 3.77. The number of nitrogens with zero attached hydrogens (tertiary/aromatic N) is 1. The lowest BCUT2D eigenvalue weighted by molar-refractivity contribution is 0.279. The average Bonchev–Trinajstić information content (AvgIpc) is 2.86. The number of hydrogen-bond acceptors (Lipinski definition) is 2. The first-order valence-electron chi connectivity index (χ1n) is 6.79. The fraction of sp³-hybridized carbons (Fsp3) is 1.00. The zero-order chi connectivity index (χ0) is 10.7. The Kier molecular flexibility index (Phi) is 4.04. The van der Waals surface area contributed by atoms with Crippen LogP contribution in [0.2, 0.25) is 0 Å². The maximum atomic E-state index is 3.77. The Morgan fingerprint density at radius 3 is 2.47 bits per heavy atom. The summed E-state index contributed by atoms with van der Waals surface area (Å²) >= 11 is 0. The topological polar surface area (TPSA) is 15.3 Å². The predicted octanol–water partition coefficient (Wildman–Crippen LogP) is 2.11. The molecule has 1 N–H and O–H groups in total. The van der Waals surface area contributed by atoms with E-state index in [-0.39, 0.29) is 0 Å². The van der Waals surface area contributed by atoms with Crippen LogP contribution in [0.3, 0.4) is 0 Å². The summed E-state index contributed by atoms with van der Waals surface area (Å²) in [6.07, 6.45) is 5.98. The summed E-state index contributed by atoms with van der Waals surface area (Å²) in [6, 6.07) is 0.860. The van der Waals surface area contributed by atoms with Crippen LogP contribution >= 0.6 is 0 Å². The Morgan fingerprint density at radius 1 is 1.13 bits per heavy atom. The van der Waals surface area contributed by atoms with Gasteiger partial charge in [-0.15, -0.1) is 0 Å². The Labute approximate surface area is 94.4 Å². The van der Waals surface area contributed by atoms with E-state index in [0.717, 1.165) is 17.9 Å². The highest BCUT2D eigenvalue weighted by molar-refractivity contribution is 4.94. The van der Waals surface area contributed by atoms with Gasteiger partial charge >= 0.3 is 0 Å². The summed E-state index contributed by atoms with van der Waals surface area (Å²) in [5, 5.41) is 3.77. The second-order valence-corrected chi connectivity index (χ2v) is 5.26. The number of nitrogens with one attached hydrogen (secondary N) is 1. The van der Waals surface area contributed by atoms with E-state index in [0.29, 0.717) is 0 Å². The van der Waals surface area contributed by atoms with Crippen LogP contribution in [0.15, 0.2) is 0 Å². The molecule has 0 unspecified atom stereocenters. The van der Waals surface area contributed by atoms with E-state index in [1.807, 2.05) is 0 Å². The quantitative estimate of drug-likeness (QED) is 0.722. The third-order valence-electron chi connectivity index (χ3n) is 4.47. The molecule has 2 aliphatic carbocycles. The van der Waals surface area contributed by atoms with Gasteiger partial charge in [-0.3, -0.25) is 0 Å². The summed E-state index contributed by atoms with van der Waals surface area (Å²) in [7, 11) is 0. The monoisotopic (exact) mass is 210 g/mol. The van der Waals surface area contributed by atoms with Crippen molar-refractivity contribution in [1.29, 1.82) is 0 Å². The van der Waals surface area contributed by atoms with E-state index in [2.05, 4.69) is 24.1 Å². The van der Waals surface area contributed by atoms with Crippen molar-refractivity contribution in [3.05, 3.63) is 0 Å². The lowest BCUT2D eigenvalue weighted by atomic mass is 9.95. The molecule has 0 spiro atoms. The smallest absolute Gasteiger partial charge is 0.0107 e. The van der Waals surface area contributed by atoms with E-state index < -0.39 is 0 Å². The van der Waals surface area contributed by atoms with Crippen LogP contribution < -0.4 is 5.32 Å². The van der Waals surface area contributed by atoms with Crippen LogP contribution in [-0.4, -0.2) is 37.1 Å². The van der Waals surface area contributed by atoms with Crippen LogP contribution in [0.1, 0.15) is 39.5 Å². The number of likely N-dealkylation sites (N-methyl/N-ethyl adjacent to an activating group) is 1. The summed E-state index contributed by atoms with van der Waals surface area (Å²) in [5.41, 5.74) is 0. The molecule has 15 heavy (non-hydrogen) atoms. The van der Waals surface area contributed by atoms with Crippen LogP contribution in [0.4, 0.5) is 0 Å². The maximum Gasteiger partial charge on any atom is 0.0107 e. The second-order valence-electron chi connectivity index (χ2n) is 5.26. The molecule has 2 rings (SSSR count). The average molecular weight is 210 g/mol. The Balaban J connectivity index is 1.62. The van der Waals surface area contributed by atoms with E-state index in [4.69, 9.17) is 0 Å². The molecule has 3 atom stereocenters. The molecule has 0 aromatic carbocycles. The first kappa shape index (κ1) is 11.4. The van der Waals surface area contributed by atoms with Gasteiger partial charge in [0.25, 0.3) is 0 Å². The summed E-state index contributed by atoms with van der Waals surface area (Å²) < 4.78 is 0. The van der Waals surface area contributed by atoms with Crippen LogP contribution in [-0.2, 0) is 0 Å². The van der Waals surface area contributed by atoms with Crippen molar-refractivity contribution in [2.24, 2.45) is 11.8 Å². The fourth-order valence-electron chi connectivity index (χ4n) is 3.44. The Bertz CT molecular complexity index is 189. The van der Waals surface area contributed by atoms with Gasteiger partial charge in [0.2, 0.25) is 0 Å². The largest absolute Gasteiger partial charge is 0.312 e. The highest BCUT2D eigenvalue weighted by atomic mass is 15.1. The van der Waals surface area contributed by atoms with E-state index >= 15 is 0 Å². The van der Waals surface area contributed by atoms with E-state index in [1.54, 1.807) is 0 Å². The third kappa shape index (κ3) is 2.73. The van der Waals surface area contributed by atoms with Gasteiger partial charge in [-0.05, 0) is 44.2 Å². The van der Waals surface area contributed by atoms with Gasteiger partial charge in [0.05, 0.1) is 0 Å². The lowest BCUT2D eigenvalue weighted by Gasteiger charge is -2.25. The zero-order valence-corrected chi connectivity index (χ0v) is 10.3. The zero-order valence-electron chi connectivity index (χ0n) is 10.3. The molecular weight excluding hydrogens is 184 g/mol. The van der Waals surface area contributed by atoms with Crippen molar-refractivity contribution in [3.8, 4) is 0 Å². The second kappa shape index (κ2) is 5.31. The highest BCUT2D eigenvalue weighted by Crippen LogP contribution is 2.44. The molecule has 0 amide bonds. The minimum atomic E-state index is 0.860. The van der Waals surface area contributed by atoms with Gasteiger partial charge in [0, 0.05) is 19.1 Å². The lowest BCUT2D eigenvalue weighted by Crippen LogP contribution is -2.39. The molecule has 0 radical (unpaired) electrons. The molecule has 2 nitrogen and oxygen atoms in total. The SMILES string of the molecule is CCN(CC)CCN[C@H]1C[C@H]2CC[C@@H]1C2. The minimum absolute atomic E-state index is 0.860. The number of hydrogen-bond donors (Lipinski definition) is 1. The van der Waals surface area contributed by atoms with Crippen molar-refractivity contribution in [1.82, 2.24) is 10.2 Å². The van der Waals surface area contributed by atoms with E-state index in [1.165, 1.54) is 51.9 Å². The molecule has 0 aliphatic heterocycles. The third-order valence-corrected chi connectivity index (χ3v) is 4.47. The fourth-order valence-corrected chi connectivity index (χ4v) is 3.44. The molecule has 0 aromatic heterocycles. The summed E-state index contributed by atoms with van der Waals surface area (Å²) in [6.45, 7) is 9.29. The normalized spacial score (nSPS) is 34.2. The summed E-state index contributed by atoms with van der Waals surface area (Å²) in [4.78, 5) is 2.50. The van der Waals surface area contributed by atoms with Crippen molar-refractivity contribution < 1.29 is 0 Å². The molecule has 0 saturated heterocycles. The van der Waals surface area contributed by atoms with Gasteiger partial charge in [-0.1, -0.05) is 20.3 Å². The number of fused-ring (bicyclic) bond motifs is 2. The standard InChI is InChI=1S/C13H26N2/c1-3-15(4-2)8-7-14-13-10-11-5-6-12(13)9-11/h11-14H,3-10H2,1-2H3/t11-,12+,13-/m0/s1. The van der Waals surface area contributed by atoms with E-state index in [9.17, 15) is 0 Å². The van der Waals surface area contributed by atoms with Crippen molar-refractivity contribution >= 4 is 0 Å².